The van der Waals surface area contributed by atoms with Gasteiger partial charge in [0.15, 0.2) is 5.13 Å². The number of anilines is 2. The van der Waals surface area contributed by atoms with E-state index in [0.717, 1.165) is 49.4 Å². The van der Waals surface area contributed by atoms with E-state index in [-0.39, 0.29) is 40.8 Å². The van der Waals surface area contributed by atoms with E-state index in [1.807, 2.05) is 7.05 Å². The van der Waals surface area contributed by atoms with Crippen molar-refractivity contribution < 1.29 is 26.7 Å². The summed E-state index contributed by atoms with van der Waals surface area (Å²) in [4.78, 5) is 23.3. The molecule has 2 fully saturated rings. The van der Waals surface area contributed by atoms with Crippen LogP contribution in [0, 0.1) is 11.6 Å². The fourth-order valence-electron chi connectivity index (χ4n) is 4.92. The molecule has 1 aromatic carbocycles. The summed E-state index contributed by atoms with van der Waals surface area (Å²) in [6.07, 6.45) is 4.30. The maximum absolute atomic E-state index is 14.1. The third-order valence-electron chi connectivity index (χ3n) is 7.05. The third-order valence-corrected chi connectivity index (χ3v) is 9.93. The molecular weight excluding hydrogens is 562 g/mol. The summed E-state index contributed by atoms with van der Waals surface area (Å²) in [7, 11) is -1.70. The van der Waals surface area contributed by atoms with E-state index in [4.69, 9.17) is 10.5 Å². The minimum Gasteiger partial charge on any atom is -0.473 e. The van der Waals surface area contributed by atoms with Gasteiger partial charge in [-0.2, -0.15) is 4.31 Å². The predicted octanol–water partition coefficient (Wildman–Crippen LogP) is 3.37. The Kier molecular flexibility index (Phi) is 8.31. The number of likely N-dealkylation sites (tertiary alicyclic amines) is 1. The van der Waals surface area contributed by atoms with E-state index in [9.17, 15) is 22.0 Å². The number of rotatable bonds is 8. The smallest absolute Gasteiger partial charge is 0.244 e. The van der Waals surface area contributed by atoms with E-state index in [2.05, 4.69) is 20.2 Å². The molecule has 10 nitrogen and oxygen atoms in total. The van der Waals surface area contributed by atoms with E-state index in [0.29, 0.717) is 23.9 Å². The van der Waals surface area contributed by atoms with E-state index in [1.54, 1.807) is 6.07 Å². The number of likely N-dealkylation sites (N-methyl/N-ethyl adjacent to an activating group) is 1. The molecular formula is C26H30F2N6O4S2. The molecule has 0 unspecified atom stereocenters. The molecule has 5 rings (SSSR count). The quantitative estimate of drug-likeness (QED) is 0.378. The molecule has 0 spiro atoms. The third kappa shape index (κ3) is 6.09. The number of piperidine rings is 2. The van der Waals surface area contributed by atoms with Gasteiger partial charge in [0.25, 0.3) is 0 Å². The topological polar surface area (TPSA) is 131 Å². The van der Waals surface area contributed by atoms with Crippen molar-refractivity contribution in [2.75, 3.05) is 44.3 Å². The van der Waals surface area contributed by atoms with Crippen LogP contribution >= 0.6 is 11.3 Å². The zero-order chi connectivity index (χ0) is 28.4. The van der Waals surface area contributed by atoms with Crippen molar-refractivity contribution in [1.82, 2.24) is 19.2 Å². The highest BCUT2D eigenvalue weighted by atomic mass is 32.2. The van der Waals surface area contributed by atoms with Gasteiger partial charge in [-0.3, -0.25) is 4.79 Å². The standard InChI is InChI=1S/C26H30F2N6O4S2/c1-33-11-3-4-17(15-33)38-21-8-7-18(14-30-21)40(36,37)34-12-9-16(10-13-34)31-26-32-25(29)24(39-26)23(35)22-19(27)5-2-6-20(22)28/h2,5-8,14,16-17H,3-4,9-13,15,29H2,1H3,(H,31,32)/t17-/m1/s1. The Balaban J connectivity index is 1.18. The highest BCUT2D eigenvalue weighted by Gasteiger charge is 2.31. The summed E-state index contributed by atoms with van der Waals surface area (Å²) < 4.78 is 61.9. The Morgan fingerprint density at radius 1 is 1.12 bits per heavy atom. The Bertz CT molecular complexity index is 1460. The number of hydrogen-bond donors (Lipinski definition) is 2. The van der Waals surface area contributed by atoms with Crippen molar-refractivity contribution >= 4 is 38.1 Å². The molecule has 3 aromatic rings. The largest absolute Gasteiger partial charge is 0.473 e. The van der Waals surface area contributed by atoms with Gasteiger partial charge < -0.3 is 20.7 Å². The summed E-state index contributed by atoms with van der Waals surface area (Å²) in [5.74, 6) is -2.56. The Morgan fingerprint density at radius 3 is 2.50 bits per heavy atom. The van der Waals surface area contributed by atoms with Gasteiger partial charge in [-0.05, 0) is 57.5 Å². The van der Waals surface area contributed by atoms with Gasteiger partial charge in [0.1, 0.15) is 33.3 Å². The second-order valence-electron chi connectivity index (χ2n) is 9.96. The first kappa shape index (κ1) is 28.3. The molecule has 0 saturated carbocycles. The summed E-state index contributed by atoms with van der Waals surface area (Å²) >= 11 is 0.906. The highest BCUT2D eigenvalue weighted by molar-refractivity contribution is 7.89. The van der Waals surface area contributed by atoms with Crippen molar-refractivity contribution in [1.29, 1.82) is 0 Å². The maximum atomic E-state index is 14.1. The first-order valence-corrected chi connectivity index (χ1v) is 15.2. The summed E-state index contributed by atoms with van der Waals surface area (Å²) in [6, 6.07) is 6.16. The van der Waals surface area contributed by atoms with Crippen LogP contribution in [0.5, 0.6) is 5.88 Å². The molecule has 0 aliphatic carbocycles. The Labute approximate surface area is 235 Å². The normalized spacial score (nSPS) is 19.4. The lowest BCUT2D eigenvalue weighted by Gasteiger charge is -2.31. The lowest BCUT2D eigenvalue weighted by molar-refractivity contribution is 0.0999. The minimum absolute atomic E-state index is 0.0308. The van der Waals surface area contributed by atoms with E-state index in [1.165, 1.54) is 22.6 Å². The van der Waals surface area contributed by atoms with Crippen molar-refractivity contribution in [3.05, 3.63) is 58.6 Å². The molecule has 2 saturated heterocycles. The van der Waals surface area contributed by atoms with Gasteiger partial charge in [0, 0.05) is 31.7 Å². The van der Waals surface area contributed by atoms with Gasteiger partial charge in [-0.15, -0.1) is 0 Å². The van der Waals surface area contributed by atoms with Gasteiger partial charge in [0.2, 0.25) is 21.7 Å². The van der Waals surface area contributed by atoms with Gasteiger partial charge in [-0.1, -0.05) is 17.4 Å². The first-order valence-electron chi connectivity index (χ1n) is 12.9. The maximum Gasteiger partial charge on any atom is 0.244 e. The molecule has 2 aromatic heterocycles. The zero-order valence-electron chi connectivity index (χ0n) is 21.8. The number of nitrogens with two attached hydrogens (primary N) is 1. The van der Waals surface area contributed by atoms with Gasteiger partial charge in [0.05, 0.1) is 11.8 Å². The molecule has 0 radical (unpaired) electrons. The SMILES string of the molecule is CN1CCC[C@@H](Oc2ccc(S(=O)(=O)N3CCC(Nc4nc(N)c(C(=O)c5c(F)cccc5F)s4)CC3)cn2)C1. The van der Waals surface area contributed by atoms with Crippen LogP contribution in [0.1, 0.15) is 40.9 Å². The fraction of sp³-hybridized carbons (Fsp3) is 0.423. The van der Waals surface area contributed by atoms with Crippen molar-refractivity contribution in [3.63, 3.8) is 0 Å². The number of nitrogens with zero attached hydrogens (tertiary/aromatic N) is 4. The number of aromatic nitrogens is 2. The second kappa shape index (κ2) is 11.7. The number of pyridine rings is 1. The number of ketones is 1. The van der Waals surface area contributed by atoms with Crippen LogP contribution in [0.4, 0.5) is 19.7 Å². The van der Waals surface area contributed by atoms with Crippen LogP contribution in [0.15, 0.2) is 41.4 Å². The molecule has 40 heavy (non-hydrogen) atoms. The average molecular weight is 593 g/mol. The lowest BCUT2D eigenvalue weighted by atomic mass is 10.1. The lowest BCUT2D eigenvalue weighted by Crippen LogP contribution is -2.42. The van der Waals surface area contributed by atoms with Crippen molar-refractivity contribution in [3.8, 4) is 5.88 Å². The van der Waals surface area contributed by atoms with Crippen LogP contribution in [0.25, 0.3) is 0 Å². The molecule has 3 N–H and O–H groups in total. The van der Waals surface area contributed by atoms with E-state index < -0.39 is 33.0 Å². The zero-order valence-corrected chi connectivity index (χ0v) is 23.5. The van der Waals surface area contributed by atoms with E-state index >= 15 is 0 Å². The Hall–Kier alpha value is -3.20. The molecule has 2 aliphatic rings. The molecule has 2 aliphatic heterocycles. The van der Waals surface area contributed by atoms with Gasteiger partial charge in [-0.25, -0.2) is 27.2 Å². The number of nitrogens with one attached hydrogen (secondary N) is 1. The summed E-state index contributed by atoms with van der Waals surface area (Å²) in [6.45, 7) is 2.37. The number of ether oxygens (including phenoxy) is 1. The molecule has 214 valence electrons. The molecule has 1 atom stereocenters. The van der Waals surface area contributed by atoms with Gasteiger partial charge >= 0.3 is 0 Å². The van der Waals surface area contributed by atoms with Crippen LogP contribution in [-0.4, -0.2) is 78.7 Å². The van der Waals surface area contributed by atoms with Crippen LogP contribution < -0.4 is 15.8 Å². The first-order chi connectivity index (χ1) is 19.1. The van der Waals surface area contributed by atoms with Crippen LogP contribution in [-0.2, 0) is 10.0 Å². The molecule has 14 heteroatoms. The Morgan fingerprint density at radius 2 is 1.85 bits per heavy atom. The average Bonchev–Trinajstić information content (AvgIpc) is 3.29. The number of halogens is 2. The predicted molar refractivity (Wildman–Crippen MR) is 147 cm³/mol. The number of carbonyl (C=O) groups excluding carboxylic acids is 1. The fourth-order valence-corrected chi connectivity index (χ4v) is 7.25. The number of thiazole rings is 1. The number of hydrogen-bond acceptors (Lipinski definition) is 10. The van der Waals surface area contributed by atoms with Crippen molar-refractivity contribution in [2.24, 2.45) is 0 Å². The van der Waals surface area contributed by atoms with Crippen LogP contribution in [0.3, 0.4) is 0 Å². The summed E-state index contributed by atoms with van der Waals surface area (Å²) in [5, 5.41) is 3.49. The number of benzene rings is 1. The number of carbonyl (C=O) groups is 1. The highest BCUT2D eigenvalue weighted by Crippen LogP contribution is 2.31. The molecule has 4 heterocycles. The summed E-state index contributed by atoms with van der Waals surface area (Å²) in [5.41, 5.74) is 5.20. The van der Waals surface area contributed by atoms with Crippen LogP contribution in [0.2, 0.25) is 0 Å². The molecule has 0 bridgehead atoms. The number of sulfonamides is 1. The van der Waals surface area contributed by atoms with Crippen molar-refractivity contribution in [2.45, 2.75) is 42.7 Å². The monoisotopic (exact) mass is 592 g/mol. The number of nitrogen functional groups attached to an aromatic ring is 1. The minimum atomic E-state index is -3.74. The second-order valence-corrected chi connectivity index (χ2v) is 12.9. The molecule has 0 amide bonds.